The standard InChI is InChI=1S/C21H22N4O4S/c26-21(23-14-16-6-4-10-22-13-16)19-12-20(29-24-19)17-7-5-11-25(15-17)30(27,28)18-8-2-1-3-9-18/h1-4,6,8-10,12-13,17H,5,7,11,14-15H2,(H,23,26). The van der Waals surface area contributed by atoms with E-state index >= 15 is 0 Å². The largest absolute Gasteiger partial charge is 0.360 e. The SMILES string of the molecule is O=C(NCc1cccnc1)c1cc(C2CCCN(S(=O)(=O)c3ccccc3)C2)on1. The van der Waals surface area contributed by atoms with Gasteiger partial charge in [-0.1, -0.05) is 29.4 Å². The number of nitrogens with one attached hydrogen (secondary N) is 1. The molecule has 0 radical (unpaired) electrons. The first kappa shape index (κ1) is 20.2. The lowest BCUT2D eigenvalue weighted by molar-refractivity contribution is 0.0941. The van der Waals surface area contributed by atoms with E-state index < -0.39 is 10.0 Å². The van der Waals surface area contributed by atoms with Gasteiger partial charge in [-0.2, -0.15) is 4.31 Å². The van der Waals surface area contributed by atoms with Crippen LogP contribution in [0.25, 0.3) is 0 Å². The highest BCUT2D eigenvalue weighted by atomic mass is 32.2. The van der Waals surface area contributed by atoms with E-state index in [1.165, 1.54) is 4.31 Å². The van der Waals surface area contributed by atoms with Gasteiger partial charge in [0.05, 0.1) is 4.90 Å². The van der Waals surface area contributed by atoms with Gasteiger partial charge in [0.15, 0.2) is 5.69 Å². The van der Waals surface area contributed by atoms with E-state index in [1.807, 2.05) is 6.07 Å². The van der Waals surface area contributed by atoms with Crippen LogP contribution < -0.4 is 5.32 Å². The minimum atomic E-state index is -3.57. The molecule has 30 heavy (non-hydrogen) atoms. The molecule has 3 heterocycles. The molecule has 1 unspecified atom stereocenters. The molecule has 0 aliphatic carbocycles. The number of carbonyl (C=O) groups excluding carboxylic acids is 1. The van der Waals surface area contributed by atoms with E-state index in [-0.39, 0.29) is 22.4 Å². The second-order valence-corrected chi connectivity index (χ2v) is 9.11. The Morgan fingerprint density at radius 1 is 1.20 bits per heavy atom. The quantitative estimate of drug-likeness (QED) is 0.649. The predicted octanol–water partition coefficient (Wildman–Crippen LogP) is 2.57. The molecular weight excluding hydrogens is 404 g/mol. The number of carbonyl (C=O) groups is 1. The van der Waals surface area contributed by atoms with Crippen molar-refractivity contribution in [2.75, 3.05) is 13.1 Å². The maximum absolute atomic E-state index is 12.9. The average molecular weight is 426 g/mol. The van der Waals surface area contributed by atoms with Gasteiger partial charge in [-0.3, -0.25) is 9.78 Å². The third kappa shape index (κ3) is 4.42. The molecule has 4 rings (SSSR count). The summed E-state index contributed by atoms with van der Waals surface area (Å²) in [5, 5.41) is 6.66. The Morgan fingerprint density at radius 3 is 2.80 bits per heavy atom. The van der Waals surface area contributed by atoms with Crippen LogP contribution in [0.3, 0.4) is 0 Å². The van der Waals surface area contributed by atoms with Crippen molar-refractivity contribution in [3.8, 4) is 0 Å². The molecule has 0 spiro atoms. The molecule has 0 bridgehead atoms. The highest BCUT2D eigenvalue weighted by Crippen LogP contribution is 2.30. The number of benzene rings is 1. The monoisotopic (exact) mass is 426 g/mol. The fraction of sp³-hybridized carbons (Fsp3) is 0.286. The summed E-state index contributed by atoms with van der Waals surface area (Å²) < 4.78 is 32.7. The topological polar surface area (TPSA) is 105 Å². The van der Waals surface area contributed by atoms with Gasteiger partial charge in [-0.05, 0) is 36.6 Å². The first-order chi connectivity index (χ1) is 14.5. The van der Waals surface area contributed by atoms with Gasteiger partial charge in [0, 0.05) is 44.0 Å². The zero-order valence-corrected chi connectivity index (χ0v) is 17.1. The molecular formula is C21H22N4O4S. The fourth-order valence-corrected chi connectivity index (χ4v) is 5.04. The van der Waals surface area contributed by atoms with Crippen LogP contribution in [-0.2, 0) is 16.6 Å². The third-order valence-electron chi connectivity index (χ3n) is 5.10. The zero-order chi connectivity index (χ0) is 21.0. The number of rotatable bonds is 6. The maximum atomic E-state index is 12.9. The predicted molar refractivity (Wildman–Crippen MR) is 109 cm³/mol. The van der Waals surface area contributed by atoms with Crippen LogP contribution in [0.1, 0.15) is 40.6 Å². The normalized spacial score (nSPS) is 17.5. The summed E-state index contributed by atoms with van der Waals surface area (Å²) in [4.78, 5) is 16.6. The molecule has 9 heteroatoms. The van der Waals surface area contributed by atoms with Crippen LogP contribution in [0.5, 0.6) is 0 Å². The lowest BCUT2D eigenvalue weighted by atomic mass is 9.97. The first-order valence-corrected chi connectivity index (χ1v) is 11.2. The molecule has 8 nitrogen and oxygen atoms in total. The summed E-state index contributed by atoms with van der Waals surface area (Å²) in [6.07, 6.45) is 4.83. The van der Waals surface area contributed by atoms with E-state index in [0.29, 0.717) is 31.8 Å². The second-order valence-electron chi connectivity index (χ2n) is 7.17. The Morgan fingerprint density at radius 2 is 2.03 bits per heavy atom. The number of amides is 1. The van der Waals surface area contributed by atoms with Gasteiger partial charge in [0.1, 0.15) is 5.76 Å². The first-order valence-electron chi connectivity index (χ1n) is 9.73. The van der Waals surface area contributed by atoms with Crippen molar-refractivity contribution < 1.29 is 17.7 Å². The lowest BCUT2D eigenvalue weighted by Gasteiger charge is -2.30. The Labute approximate surface area is 175 Å². The number of pyridine rings is 1. The summed E-state index contributed by atoms with van der Waals surface area (Å²) in [5.74, 6) is 0.0255. The molecule has 156 valence electrons. The van der Waals surface area contributed by atoms with Crippen LogP contribution >= 0.6 is 0 Å². The van der Waals surface area contributed by atoms with Gasteiger partial charge in [0.2, 0.25) is 10.0 Å². The summed E-state index contributed by atoms with van der Waals surface area (Å²) in [6, 6.07) is 13.7. The van der Waals surface area contributed by atoms with Crippen LogP contribution in [0.2, 0.25) is 0 Å². The van der Waals surface area contributed by atoms with Crippen molar-refractivity contribution in [2.24, 2.45) is 0 Å². The Balaban J connectivity index is 1.42. The van der Waals surface area contributed by atoms with Crippen LogP contribution in [-0.4, -0.2) is 41.9 Å². The maximum Gasteiger partial charge on any atom is 0.273 e. The number of hydrogen-bond donors (Lipinski definition) is 1. The summed E-state index contributed by atoms with van der Waals surface area (Å²) in [6.45, 7) is 1.09. The molecule has 1 N–H and O–H groups in total. The lowest BCUT2D eigenvalue weighted by Crippen LogP contribution is -2.39. The summed E-state index contributed by atoms with van der Waals surface area (Å²) >= 11 is 0. The zero-order valence-electron chi connectivity index (χ0n) is 16.3. The molecule has 0 saturated carbocycles. The number of sulfonamides is 1. The molecule has 1 amide bonds. The Hall–Kier alpha value is -3.04. The molecule has 1 aliphatic rings. The highest BCUT2D eigenvalue weighted by Gasteiger charge is 2.32. The van der Waals surface area contributed by atoms with Crippen molar-refractivity contribution in [2.45, 2.75) is 30.2 Å². The van der Waals surface area contributed by atoms with Gasteiger partial charge >= 0.3 is 0 Å². The van der Waals surface area contributed by atoms with E-state index in [1.54, 1.807) is 54.9 Å². The minimum Gasteiger partial charge on any atom is -0.360 e. The van der Waals surface area contributed by atoms with Crippen molar-refractivity contribution in [1.82, 2.24) is 19.8 Å². The van der Waals surface area contributed by atoms with Crippen molar-refractivity contribution in [1.29, 1.82) is 0 Å². The molecule has 1 aromatic carbocycles. The van der Waals surface area contributed by atoms with Gasteiger partial charge in [0.25, 0.3) is 5.91 Å². The number of aromatic nitrogens is 2. The second kappa shape index (κ2) is 8.76. The van der Waals surface area contributed by atoms with Gasteiger partial charge in [-0.15, -0.1) is 0 Å². The highest BCUT2D eigenvalue weighted by molar-refractivity contribution is 7.89. The van der Waals surface area contributed by atoms with E-state index in [9.17, 15) is 13.2 Å². The molecule has 2 aromatic heterocycles. The summed E-state index contributed by atoms with van der Waals surface area (Å²) in [5.41, 5.74) is 1.06. The molecule has 3 aromatic rings. The molecule has 1 aliphatic heterocycles. The fourth-order valence-electron chi connectivity index (χ4n) is 3.50. The molecule has 1 fully saturated rings. The smallest absolute Gasteiger partial charge is 0.273 e. The molecule has 1 atom stereocenters. The number of piperidine rings is 1. The minimum absolute atomic E-state index is 0.149. The van der Waals surface area contributed by atoms with E-state index in [2.05, 4.69) is 15.5 Å². The van der Waals surface area contributed by atoms with Gasteiger partial charge < -0.3 is 9.84 Å². The van der Waals surface area contributed by atoms with Crippen LogP contribution in [0.15, 0.2) is 70.3 Å². The molecule has 1 saturated heterocycles. The summed E-state index contributed by atoms with van der Waals surface area (Å²) in [7, 11) is -3.57. The average Bonchev–Trinajstić information content (AvgIpc) is 3.29. The van der Waals surface area contributed by atoms with Crippen molar-refractivity contribution >= 4 is 15.9 Å². The van der Waals surface area contributed by atoms with Crippen molar-refractivity contribution in [3.63, 3.8) is 0 Å². The van der Waals surface area contributed by atoms with Crippen LogP contribution in [0, 0.1) is 0 Å². The number of hydrogen-bond acceptors (Lipinski definition) is 6. The number of nitrogens with zero attached hydrogens (tertiary/aromatic N) is 3. The van der Waals surface area contributed by atoms with E-state index in [4.69, 9.17) is 4.52 Å². The Bertz CT molecular complexity index is 1100. The third-order valence-corrected chi connectivity index (χ3v) is 6.98. The van der Waals surface area contributed by atoms with Gasteiger partial charge in [-0.25, -0.2) is 8.42 Å². The van der Waals surface area contributed by atoms with Crippen LogP contribution in [0.4, 0.5) is 0 Å². The Kier molecular flexibility index (Phi) is 5.91. The van der Waals surface area contributed by atoms with E-state index in [0.717, 1.165) is 12.0 Å². The van der Waals surface area contributed by atoms with Crippen molar-refractivity contribution in [3.05, 3.63) is 77.9 Å².